The van der Waals surface area contributed by atoms with E-state index in [0.29, 0.717) is 12.2 Å². The summed E-state index contributed by atoms with van der Waals surface area (Å²) in [5.74, 6) is -0.387. The highest BCUT2D eigenvalue weighted by Gasteiger charge is 2.32. The summed E-state index contributed by atoms with van der Waals surface area (Å²) < 4.78 is 15.0. The number of benzene rings is 2. The quantitative estimate of drug-likeness (QED) is 0.649. The maximum absolute atomic E-state index is 13.3. The predicted octanol–water partition coefficient (Wildman–Crippen LogP) is 3.55. The first-order valence-corrected chi connectivity index (χ1v) is 10.3. The van der Waals surface area contributed by atoms with Gasteiger partial charge >= 0.3 is 0 Å². The summed E-state index contributed by atoms with van der Waals surface area (Å²) in [4.78, 5) is 17.5. The molecule has 1 saturated heterocycles. The Kier molecular flexibility index (Phi) is 5.90. The Morgan fingerprint density at radius 1 is 1.13 bits per heavy atom. The molecule has 2 aromatic carbocycles. The van der Waals surface area contributed by atoms with E-state index >= 15 is 0 Å². The van der Waals surface area contributed by atoms with Crippen molar-refractivity contribution in [1.29, 1.82) is 0 Å². The molecule has 1 fully saturated rings. The molecule has 2 atom stereocenters. The third kappa shape index (κ3) is 4.11. The van der Waals surface area contributed by atoms with Crippen LogP contribution in [0.4, 0.5) is 4.39 Å². The van der Waals surface area contributed by atoms with Crippen LogP contribution in [-0.2, 0) is 0 Å². The first-order valence-electron chi connectivity index (χ1n) is 10.3. The van der Waals surface area contributed by atoms with Crippen molar-refractivity contribution in [2.75, 3.05) is 26.7 Å². The smallest absolute Gasteiger partial charge is 0.276 e. The number of rotatable bonds is 5. The Morgan fingerprint density at radius 3 is 2.57 bits per heavy atom. The minimum Gasteiger partial charge on any atom is -0.328 e. The average Bonchev–Trinajstić information content (AvgIpc) is 3.25. The summed E-state index contributed by atoms with van der Waals surface area (Å²) in [7, 11) is 2.07. The van der Waals surface area contributed by atoms with Gasteiger partial charge in [0.05, 0.1) is 18.3 Å². The lowest BCUT2D eigenvalue weighted by atomic mass is 10.0. The van der Waals surface area contributed by atoms with E-state index in [2.05, 4.69) is 34.4 Å². The van der Waals surface area contributed by atoms with E-state index in [1.807, 2.05) is 30.0 Å². The van der Waals surface area contributed by atoms with Gasteiger partial charge < -0.3 is 9.80 Å². The van der Waals surface area contributed by atoms with Gasteiger partial charge in [-0.05, 0) is 36.7 Å². The summed E-state index contributed by atoms with van der Waals surface area (Å²) in [5, 5.41) is 8.41. The lowest BCUT2D eigenvalue weighted by molar-refractivity contribution is 0.0492. The molecule has 1 aliphatic rings. The largest absolute Gasteiger partial charge is 0.328 e. The fourth-order valence-electron chi connectivity index (χ4n) is 4.06. The number of hydrogen-bond acceptors (Lipinski definition) is 4. The molecule has 0 aliphatic carbocycles. The molecule has 6 nitrogen and oxygen atoms in total. The molecule has 156 valence electrons. The molecule has 0 saturated carbocycles. The molecule has 0 unspecified atom stereocenters. The van der Waals surface area contributed by atoms with Crippen LogP contribution in [0.1, 0.15) is 47.0 Å². The van der Waals surface area contributed by atoms with Crippen LogP contribution >= 0.6 is 0 Å². The standard InChI is InChI=1S/C23H26FN5O/c1-3-21(18-9-11-19(24)12-10-18)29-15-20(25-26-29)23(30)28-14-13-27(2)16-22(28)17-7-5-4-6-8-17/h4-12,15,21-22H,3,13-14,16H2,1-2H3/t21-,22+/m0/s1. The molecule has 1 amide bonds. The first-order chi connectivity index (χ1) is 14.6. The second kappa shape index (κ2) is 8.75. The Balaban J connectivity index is 1.58. The van der Waals surface area contributed by atoms with Crippen molar-refractivity contribution in [3.8, 4) is 0 Å². The van der Waals surface area contributed by atoms with Crippen LogP contribution in [0.25, 0.3) is 0 Å². The maximum atomic E-state index is 13.3. The highest BCUT2D eigenvalue weighted by molar-refractivity contribution is 5.92. The zero-order valence-electron chi connectivity index (χ0n) is 17.3. The molecule has 2 heterocycles. The van der Waals surface area contributed by atoms with Crippen LogP contribution < -0.4 is 0 Å². The number of carbonyl (C=O) groups is 1. The molecule has 0 radical (unpaired) electrons. The van der Waals surface area contributed by atoms with Crippen LogP contribution in [-0.4, -0.2) is 57.4 Å². The van der Waals surface area contributed by atoms with Gasteiger partial charge in [-0.25, -0.2) is 9.07 Å². The van der Waals surface area contributed by atoms with Crippen LogP contribution in [0.3, 0.4) is 0 Å². The van der Waals surface area contributed by atoms with Gasteiger partial charge in [-0.2, -0.15) is 0 Å². The number of amides is 1. The SMILES string of the molecule is CC[C@@H](c1ccc(F)cc1)n1cc(C(=O)N2CCN(C)C[C@@H]2c2ccccc2)nn1. The van der Waals surface area contributed by atoms with E-state index in [1.54, 1.807) is 23.0 Å². The Bertz CT molecular complexity index is 988. The summed E-state index contributed by atoms with van der Waals surface area (Å²) in [6, 6.07) is 16.3. The Labute approximate surface area is 175 Å². The average molecular weight is 407 g/mol. The fourth-order valence-corrected chi connectivity index (χ4v) is 4.06. The van der Waals surface area contributed by atoms with Gasteiger partial charge in [0, 0.05) is 19.6 Å². The maximum Gasteiger partial charge on any atom is 0.276 e. The highest BCUT2D eigenvalue weighted by atomic mass is 19.1. The van der Waals surface area contributed by atoms with E-state index in [0.717, 1.165) is 30.6 Å². The molecule has 1 aliphatic heterocycles. The fraction of sp³-hybridized carbons (Fsp3) is 0.348. The summed E-state index contributed by atoms with van der Waals surface area (Å²) >= 11 is 0. The van der Waals surface area contributed by atoms with Crippen molar-refractivity contribution < 1.29 is 9.18 Å². The van der Waals surface area contributed by atoms with Gasteiger partial charge in [0.2, 0.25) is 0 Å². The molecular weight excluding hydrogens is 381 g/mol. The van der Waals surface area contributed by atoms with E-state index in [9.17, 15) is 9.18 Å². The van der Waals surface area contributed by atoms with E-state index in [1.165, 1.54) is 12.1 Å². The number of aromatic nitrogens is 3. The summed E-state index contributed by atoms with van der Waals surface area (Å²) in [6.07, 6.45) is 2.46. The van der Waals surface area contributed by atoms with Gasteiger partial charge in [-0.15, -0.1) is 5.10 Å². The van der Waals surface area contributed by atoms with E-state index < -0.39 is 0 Å². The lowest BCUT2D eigenvalue weighted by Gasteiger charge is -2.40. The number of halogens is 1. The zero-order valence-corrected chi connectivity index (χ0v) is 17.3. The van der Waals surface area contributed by atoms with Crippen LogP contribution in [0.2, 0.25) is 0 Å². The van der Waals surface area contributed by atoms with Gasteiger partial charge in [0.15, 0.2) is 5.69 Å². The zero-order chi connectivity index (χ0) is 21.1. The lowest BCUT2D eigenvalue weighted by Crippen LogP contribution is -2.49. The molecule has 1 aromatic heterocycles. The summed E-state index contributed by atoms with van der Waals surface area (Å²) in [5.41, 5.74) is 2.38. The third-order valence-electron chi connectivity index (χ3n) is 5.72. The normalized spacial score (nSPS) is 18.4. The monoisotopic (exact) mass is 407 g/mol. The Morgan fingerprint density at radius 2 is 1.87 bits per heavy atom. The first kappa shape index (κ1) is 20.2. The topological polar surface area (TPSA) is 54.3 Å². The molecule has 7 heteroatoms. The van der Waals surface area contributed by atoms with E-state index in [4.69, 9.17) is 0 Å². The van der Waals surface area contributed by atoms with Crippen molar-refractivity contribution in [2.45, 2.75) is 25.4 Å². The predicted molar refractivity (Wildman–Crippen MR) is 113 cm³/mol. The van der Waals surface area contributed by atoms with Crippen molar-refractivity contribution in [3.05, 3.63) is 83.4 Å². The third-order valence-corrected chi connectivity index (χ3v) is 5.72. The highest BCUT2D eigenvalue weighted by Crippen LogP contribution is 2.27. The van der Waals surface area contributed by atoms with Gasteiger partial charge in [0.25, 0.3) is 5.91 Å². The number of carbonyl (C=O) groups excluding carboxylic acids is 1. The van der Waals surface area contributed by atoms with Crippen LogP contribution in [0.5, 0.6) is 0 Å². The van der Waals surface area contributed by atoms with Crippen LogP contribution in [0.15, 0.2) is 60.8 Å². The van der Waals surface area contributed by atoms with E-state index in [-0.39, 0.29) is 23.8 Å². The van der Waals surface area contributed by atoms with Crippen molar-refractivity contribution in [1.82, 2.24) is 24.8 Å². The molecule has 3 aromatic rings. The van der Waals surface area contributed by atoms with Gasteiger partial charge in [0.1, 0.15) is 5.82 Å². The molecule has 0 bridgehead atoms. The number of nitrogens with zero attached hydrogens (tertiary/aromatic N) is 5. The number of likely N-dealkylation sites (N-methyl/N-ethyl adjacent to an activating group) is 1. The second-order valence-corrected chi connectivity index (χ2v) is 7.75. The minimum atomic E-state index is -0.273. The van der Waals surface area contributed by atoms with Crippen molar-refractivity contribution >= 4 is 5.91 Å². The molecular formula is C23H26FN5O. The second-order valence-electron chi connectivity index (χ2n) is 7.75. The molecule has 0 N–H and O–H groups in total. The van der Waals surface area contributed by atoms with Crippen molar-refractivity contribution in [3.63, 3.8) is 0 Å². The number of hydrogen-bond donors (Lipinski definition) is 0. The number of piperazine rings is 1. The van der Waals surface area contributed by atoms with Gasteiger partial charge in [-0.3, -0.25) is 4.79 Å². The molecule has 0 spiro atoms. The van der Waals surface area contributed by atoms with Crippen LogP contribution in [0, 0.1) is 5.82 Å². The molecule has 30 heavy (non-hydrogen) atoms. The Hall–Kier alpha value is -3.06. The summed E-state index contributed by atoms with van der Waals surface area (Å²) in [6.45, 7) is 4.26. The minimum absolute atomic E-state index is 0.0262. The molecule has 4 rings (SSSR count). The van der Waals surface area contributed by atoms with Gasteiger partial charge in [-0.1, -0.05) is 54.6 Å². The van der Waals surface area contributed by atoms with Crippen molar-refractivity contribution in [2.24, 2.45) is 0 Å².